The minimum Gasteiger partial charge on any atom is -0.550 e. The van der Waals surface area contributed by atoms with E-state index in [0.29, 0.717) is 6.42 Å². The minimum absolute atomic E-state index is 0. The molecule has 0 aliphatic carbocycles. The van der Waals surface area contributed by atoms with Gasteiger partial charge >= 0.3 is 29.6 Å². The molecule has 24 heavy (non-hydrogen) atoms. The van der Waals surface area contributed by atoms with Crippen molar-refractivity contribution in [1.29, 1.82) is 0 Å². The monoisotopic (exact) mass is 348 g/mol. The predicted octanol–water partition coefficient (Wildman–Crippen LogP) is 1.96. The first-order valence-corrected chi connectivity index (χ1v) is 9.88. The van der Waals surface area contributed by atoms with Gasteiger partial charge in [-0.1, -0.05) is 96.8 Å². The average Bonchev–Trinajstić information content (AvgIpc) is 2.50. The molecule has 136 valence electrons. The summed E-state index contributed by atoms with van der Waals surface area (Å²) in [5.41, 5.74) is 0. The Morgan fingerprint density at radius 2 is 0.958 bits per heavy atom. The third-order valence-corrected chi connectivity index (χ3v) is 4.40. The molecule has 0 aliphatic rings. The van der Waals surface area contributed by atoms with Crippen molar-refractivity contribution in [1.82, 2.24) is 0 Å². The minimum atomic E-state index is -1.25. The smallest absolute Gasteiger partial charge is 0.550 e. The molecule has 0 N–H and O–H groups in total. The van der Waals surface area contributed by atoms with E-state index in [1.807, 2.05) is 0 Å². The molecule has 0 atom stereocenters. The fourth-order valence-corrected chi connectivity index (χ4v) is 2.94. The van der Waals surface area contributed by atoms with Crippen molar-refractivity contribution in [2.45, 2.75) is 116 Å². The van der Waals surface area contributed by atoms with Gasteiger partial charge < -0.3 is 9.90 Å². The quantitative estimate of drug-likeness (QED) is 0.216. The van der Waals surface area contributed by atoms with Gasteiger partial charge in [-0.25, -0.2) is 0 Å². The number of ketones is 1. The first kappa shape index (κ1) is 26.4. The Labute approximate surface area is 171 Å². The second-order valence-corrected chi connectivity index (χ2v) is 6.79. The van der Waals surface area contributed by atoms with Crippen LogP contribution >= 0.6 is 0 Å². The first-order valence-electron chi connectivity index (χ1n) is 9.88. The molecule has 4 heteroatoms. The summed E-state index contributed by atoms with van der Waals surface area (Å²) in [6, 6.07) is 0. The molecule has 0 aromatic heterocycles. The Hall–Kier alpha value is 0.140. The van der Waals surface area contributed by atoms with Gasteiger partial charge in [-0.3, -0.25) is 4.79 Å². The maximum atomic E-state index is 11.2. The Morgan fingerprint density at radius 3 is 1.29 bits per heavy atom. The van der Waals surface area contributed by atoms with E-state index in [2.05, 4.69) is 6.92 Å². The number of carboxylic acids is 1. The van der Waals surface area contributed by atoms with Crippen LogP contribution in [0.5, 0.6) is 0 Å². The van der Waals surface area contributed by atoms with Crippen molar-refractivity contribution in [2.75, 3.05) is 0 Å². The molecule has 0 saturated heterocycles. The van der Waals surface area contributed by atoms with Crippen LogP contribution < -0.4 is 34.7 Å². The molecule has 0 fully saturated rings. The van der Waals surface area contributed by atoms with E-state index >= 15 is 0 Å². The number of Topliss-reactive ketones (excluding diaryl/α,β-unsaturated/α-hetero) is 1. The molecule has 0 saturated carbocycles. The summed E-state index contributed by atoms with van der Waals surface area (Å²) >= 11 is 0. The van der Waals surface area contributed by atoms with E-state index in [1.54, 1.807) is 0 Å². The number of unbranched alkanes of at least 4 members (excludes halogenated alkanes) is 14. The molecule has 0 unspecified atom stereocenters. The first-order chi connectivity index (χ1) is 11.2. The van der Waals surface area contributed by atoms with Gasteiger partial charge in [0.1, 0.15) is 5.78 Å². The third kappa shape index (κ3) is 22.1. The van der Waals surface area contributed by atoms with Crippen LogP contribution in [-0.2, 0) is 9.59 Å². The zero-order valence-corrected chi connectivity index (χ0v) is 18.2. The van der Waals surface area contributed by atoms with Gasteiger partial charge in [0.05, 0.1) is 0 Å². The van der Waals surface area contributed by atoms with Gasteiger partial charge in [0.25, 0.3) is 0 Å². The number of carbonyl (C=O) groups excluding carboxylic acids is 2. The maximum Gasteiger partial charge on any atom is 1.00 e. The summed E-state index contributed by atoms with van der Waals surface area (Å²) in [4.78, 5) is 21.4. The van der Waals surface area contributed by atoms with Crippen LogP contribution in [0.25, 0.3) is 0 Å². The zero-order chi connectivity index (χ0) is 17.2. The number of carboxylic acid groups (broad SMARTS) is 1. The van der Waals surface area contributed by atoms with Crippen LogP contribution in [0.3, 0.4) is 0 Å². The second kappa shape index (κ2) is 21.2. The van der Waals surface area contributed by atoms with E-state index in [9.17, 15) is 14.7 Å². The standard InChI is InChI=1S/C20H38O3.Na/c1-2-3-4-5-6-7-8-9-10-11-12-13-14-15-16-17-19(21)18-20(22)23;/h2-18H2,1H3,(H,22,23);/q;+1/p-1. The predicted molar refractivity (Wildman–Crippen MR) is 94.2 cm³/mol. The molecular weight excluding hydrogens is 311 g/mol. The van der Waals surface area contributed by atoms with Crippen molar-refractivity contribution in [3.05, 3.63) is 0 Å². The number of hydrogen-bond donors (Lipinski definition) is 0. The van der Waals surface area contributed by atoms with Gasteiger partial charge in [0, 0.05) is 18.8 Å². The van der Waals surface area contributed by atoms with Crippen molar-refractivity contribution in [3.63, 3.8) is 0 Å². The molecule has 0 amide bonds. The summed E-state index contributed by atoms with van der Waals surface area (Å²) < 4.78 is 0. The molecule has 0 rings (SSSR count). The van der Waals surface area contributed by atoms with E-state index < -0.39 is 12.4 Å². The summed E-state index contributed by atoms with van der Waals surface area (Å²) in [5.74, 6) is -1.45. The fraction of sp³-hybridized carbons (Fsp3) is 0.900. The number of rotatable bonds is 18. The number of carbonyl (C=O) groups is 2. The zero-order valence-electron chi connectivity index (χ0n) is 16.2. The normalized spacial score (nSPS) is 10.4. The van der Waals surface area contributed by atoms with Crippen LogP contribution in [0.2, 0.25) is 0 Å². The van der Waals surface area contributed by atoms with Gasteiger partial charge in [0.15, 0.2) is 0 Å². The topological polar surface area (TPSA) is 57.2 Å². The van der Waals surface area contributed by atoms with Crippen LogP contribution in [-0.4, -0.2) is 11.8 Å². The number of aliphatic carboxylic acids is 1. The van der Waals surface area contributed by atoms with Crippen molar-refractivity contribution in [2.24, 2.45) is 0 Å². The number of hydrogen-bond acceptors (Lipinski definition) is 3. The fourth-order valence-electron chi connectivity index (χ4n) is 2.94. The second-order valence-electron chi connectivity index (χ2n) is 6.79. The summed E-state index contributed by atoms with van der Waals surface area (Å²) in [6.45, 7) is 2.26. The van der Waals surface area contributed by atoms with Crippen LogP contribution in [0.4, 0.5) is 0 Å². The molecule has 0 aliphatic heterocycles. The van der Waals surface area contributed by atoms with Crippen molar-refractivity contribution < 1.29 is 44.3 Å². The van der Waals surface area contributed by atoms with Gasteiger partial charge in [-0.05, 0) is 6.42 Å². The van der Waals surface area contributed by atoms with Gasteiger partial charge in [-0.15, -0.1) is 0 Å². The van der Waals surface area contributed by atoms with Gasteiger partial charge in [-0.2, -0.15) is 0 Å². The molecule has 0 aromatic rings. The molecule has 0 radical (unpaired) electrons. The molecular formula is C20H37NaO3. The van der Waals surface area contributed by atoms with E-state index in [0.717, 1.165) is 19.3 Å². The average molecular weight is 349 g/mol. The van der Waals surface area contributed by atoms with Crippen molar-refractivity contribution >= 4 is 11.8 Å². The molecule has 0 heterocycles. The van der Waals surface area contributed by atoms with Crippen LogP contribution in [0, 0.1) is 0 Å². The van der Waals surface area contributed by atoms with Crippen LogP contribution in [0.15, 0.2) is 0 Å². The molecule has 0 bridgehead atoms. The molecule has 0 spiro atoms. The maximum absolute atomic E-state index is 11.2. The van der Waals surface area contributed by atoms with E-state index in [4.69, 9.17) is 0 Å². The Kier molecular flexibility index (Phi) is 23.3. The van der Waals surface area contributed by atoms with Crippen molar-refractivity contribution in [3.8, 4) is 0 Å². The van der Waals surface area contributed by atoms with Gasteiger partial charge in [0.2, 0.25) is 0 Å². The summed E-state index contributed by atoms with van der Waals surface area (Å²) in [5, 5.41) is 10.2. The Morgan fingerprint density at radius 1 is 0.625 bits per heavy atom. The van der Waals surface area contributed by atoms with E-state index in [1.165, 1.54) is 77.0 Å². The molecule has 0 aromatic carbocycles. The Balaban J connectivity index is 0. The molecule has 3 nitrogen and oxygen atoms in total. The Bertz CT molecular complexity index is 293. The van der Waals surface area contributed by atoms with E-state index in [-0.39, 0.29) is 35.3 Å². The SMILES string of the molecule is CCCCCCCCCCCCCCCCCC(=O)CC(=O)[O-].[Na+]. The third-order valence-electron chi connectivity index (χ3n) is 4.40. The summed E-state index contributed by atoms with van der Waals surface area (Å²) in [7, 11) is 0. The summed E-state index contributed by atoms with van der Waals surface area (Å²) in [6.07, 6.45) is 19.4. The van der Waals surface area contributed by atoms with Crippen LogP contribution in [0.1, 0.15) is 116 Å². The largest absolute Gasteiger partial charge is 1.00 e.